The van der Waals surface area contributed by atoms with E-state index in [4.69, 9.17) is 0 Å². The lowest BCUT2D eigenvalue weighted by molar-refractivity contribution is 1.21. The van der Waals surface area contributed by atoms with Crippen molar-refractivity contribution in [2.75, 3.05) is 0 Å². The van der Waals surface area contributed by atoms with Gasteiger partial charge in [-0.25, -0.2) is 0 Å². The summed E-state index contributed by atoms with van der Waals surface area (Å²) < 4.78 is 0. The second kappa shape index (κ2) is 4.38. The molecule has 0 unspecified atom stereocenters. The number of hydrogen-bond acceptors (Lipinski definition) is 0. The summed E-state index contributed by atoms with van der Waals surface area (Å²) in [6.07, 6.45) is 1.08. The summed E-state index contributed by atoms with van der Waals surface area (Å²) in [5.41, 5.74) is 8.64. The fraction of sp³-hybridized carbons (Fsp3) is 0.263. The highest BCUT2D eigenvalue weighted by molar-refractivity contribution is 5.78. The van der Waals surface area contributed by atoms with E-state index in [2.05, 4.69) is 64.1 Å². The predicted octanol–water partition coefficient (Wildman–Crippen LogP) is 3.64. The topological polar surface area (TPSA) is 0 Å². The van der Waals surface area contributed by atoms with Crippen LogP contribution < -0.4 is 10.4 Å². The van der Waals surface area contributed by atoms with Gasteiger partial charge in [-0.15, -0.1) is 0 Å². The van der Waals surface area contributed by atoms with Gasteiger partial charge in [0, 0.05) is 0 Å². The van der Waals surface area contributed by atoms with E-state index in [0.29, 0.717) is 0 Å². The zero-order chi connectivity index (χ0) is 13.6. The molecule has 0 saturated carbocycles. The normalized spacial score (nSPS) is 12.0. The molecule has 0 nitrogen and oxygen atoms in total. The fourth-order valence-corrected chi connectivity index (χ4v) is 3.20. The summed E-state index contributed by atoms with van der Waals surface area (Å²) in [6.45, 7) is 8.86. The van der Waals surface area contributed by atoms with Gasteiger partial charge in [0.25, 0.3) is 0 Å². The molecule has 19 heavy (non-hydrogen) atoms. The first-order valence-electron chi connectivity index (χ1n) is 6.95. The quantitative estimate of drug-likeness (QED) is 0.570. The van der Waals surface area contributed by atoms with Crippen LogP contribution in [0, 0.1) is 0 Å². The summed E-state index contributed by atoms with van der Waals surface area (Å²) in [5.74, 6) is 0. The van der Waals surface area contributed by atoms with Gasteiger partial charge in [-0.1, -0.05) is 47.5 Å². The molecule has 0 amide bonds. The lowest BCUT2D eigenvalue weighted by Gasteiger charge is -2.06. The van der Waals surface area contributed by atoms with Crippen LogP contribution in [0.1, 0.15) is 38.8 Å². The number of rotatable bonds is 0. The largest absolute Gasteiger partial charge is 0.0686 e. The Morgan fingerprint density at radius 3 is 2.21 bits per heavy atom. The van der Waals surface area contributed by atoms with E-state index in [9.17, 15) is 0 Å². The van der Waals surface area contributed by atoms with Gasteiger partial charge in [0.15, 0.2) is 0 Å². The summed E-state index contributed by atoms with van der Waals surface area (Å²) in [7, 11) is 0. The van der Waals surface area contributed by atoms with Gasteiger partial charge in [-0.3, -0.25) is 0 Å². The molecule has 0 fully saturated rings. The zero-order valence-corrected chi connectivity index (χ0v) is 12.2. The van der Waals surface area contributed by atoms with E-state index in [1.807, 2.05) is 0 Å². The SMILES string of the molecule is CC(C)=c1ccc2c(c1=C(C)C)Cc1ccccc1-2. The van der Waals surface area contributed by atoms with Crippen LogP contribution in [0.25, 0.3) is 22.3 Å². The molecule has 0 atom stereocenters. The molecule has 0 heterocycles. The van der Waals surface area contributed by atoms with Crippen LogP contribution in [-0.4, -0.2) is 0 Å². The lowest BCUT2D eigenvalue weighted by Crippen LogP contribution is -2.31. The van der Waals surface area contributed by atoms with Crippen LogP contribution in [-0.2, 0) is 6.42 Å². The van der Waals surface area contributed by atoms with Crippen molar-refractivity contribution >= 4 is 11.1 Å². The molecule has 0 bridgehead atoms. The van der Waals surface area contributed by atoms with Crippen molar-refractivity contribution in [3.05, 3.63) is 58.0 Å². The van der Waals surface area contributed by atoms with Gasteiger partial charge in [0.1, 0.15) is 0 Å². The van der Waals surface area contributed by atoms with Crippen molar-refractivity contribution in [2.24, 2.45) is 0 Å². The molecular weight excluding hydrogens is 228 g/mol. The molecule has 2 aromatic carbocycles. The van der Waals surface area contributed by atoms with Gasteiger partial charge < -0.3 is 0 Å². The number of hydrogen-bond donors (Lipinski definition) is 0. The first-order chi connectivity index (χ1) is 9.09. The van der Waals surface area contributed by atoms with Crippen LogP contribution in [0.3, 0.4) is 0 Å². The average Bonchev–Trinajstić information content (AvgIpc) is 2.75. The van der Waals surface area contributed by atoms with Crippen LogP contribution in [0.2, 0.25) is 0 Å². The fourth-order valence-electron chi connectivity index (χ4n) is 3.20. The molecule has 0 aromatic heterocycles. The second-order valence-electron chi connectivity index (χ2n) is 5.85. The van der Waals surface area contributed by atoms with Crippen LogP contribution in [0.5, 0.6) is 0 Å². The Morgan fingerprint density at radius 2 is 1.53 bits per heavy atom. The van der Waals surface area contributed by atoms with Gasteiger partial charge in [0.05, 0.1) is 0 Å². The standard InChI is InChI=1S/C19H20/c1-12(2)15-9-10-17-16-8-6-5-7-14(16)11-18(17)19(15)13(3)4/h5-10H,11H2,1-4H3. The lowest BCUT2D eigenvalue weighted by atomic mass is 9.99. The van der Waals surface area contributed by atoms with Crippen molar-refractivity contribution in [2.45, 2.75) is 34.1 Å². The smallest absolute Gasteiger partial charge is 0.000730 e. The molecular formula is C19H20. The maximum absolute atomic E-state index is 2.30. The average molecular weight is 248 g/mol. The Morgan fingerprint density at radius 1 is 0.789 bits per heavy atom. The highest BCUT2D eigenvalue weighted by Crippen LogP contribution is 2.33. The maximum atomic E-state index is 2.30. The third-order valence-corrected chi connectivity index (χ3v) is 4.03. The molecule has 0 aliphatic heterocycles. The van der Waals surface area contributed by atoms with Crippen molar-refractivity contribution in [1.82, 2.24) is 0 Å². The van der Waals surface area contributed by atoms with Crippen molar-refractivity contribution in [3.63, 3.8) is 0 Å². The van der Waals surface area contributed by atoms with E-state index in [-0.39, 0.29) is 0 Å². The summed E-state index contributed by atoms with van der Waals surface area (Å²) in [5, 5.41) is 2.88. The Hall–Kier alpha value is -1.82. The third-order valence-electron chi connectivity index (χ3n) is 4.03. The minimum Gasteiger partial charge on any atom is -0.0686 e. The Balaban J connectivity index is 2.46. The Kier molecular flexibility index (Phi) is 2.82. The van der Waals surface area contributed by atoms with Gasteiger partial charge in [0.2, 0.25) is 0 Å². The molecule has 2 aromatic rings. The van der Waals surface area contributed by atoms with Crippen molar-refractivity contribution < 1.29 is 0 Å². The molecule has 0 spiro atoms. The predicted molar refractivity (Wildman–Crippen MR) is 83.4 cm³/mol. The van der Waals surface area contributed by atoms with Crippen LogP contribution >= 0.6 is 0 Å². The first-order valence-corrected chi connectivity index (χ1v) is 6.95. The molecule has 0 heteroatoms. The van der Waals surface area contributed by atoms with Crippen molar-refractivity contribution in [3.8, 4) is 11.1 Å². The Labute approximate surface area is 115 Å². The van der Waals surface area contributed by atoms with Gasteiger partial charge in [-0.05, 0) is 66.8 Å². The minimum atomic E-state index is 1.08. The second-order valence-corrected chi connectivity index (χ2v) is 5.85. The van der Waals surface area contributed by atoms with E-state index in [1.165, 1.54) is 43.8 Å². The number of fused-ring (bicyclic) bond motifs is 3. The molecule has 1 aliphatic carbocycles. The van der Waals surface area contributed by atoms with Crippen molar-refractivity contribution in [1.29, 1.82) is 0 Å². The highest BCUT2D eigenvalue weighted by atomic mass is 14.2. The van der Waals surface area contributed by atoms with E-state index >= 15 is 0 Å². The highest BCUT2D eigenvalue weighted by Gasteiger charge is 2.19. The molecule has 1 aliphatic rings. The van der Waals surface area contributed by atoms with Gasteiger partial charge in [-0.2, -0.15) is 0 Å². The van der Waals surface area contributed by atoms with E-state index in [0.717, 1.165) is 6.42 Å². The summed E-state index contributed by atoms with van der Waals surface area (Å²) >= 11 is 0. The van der Waals surface area contributed by atoms with E-state index in [1.54, 1.807) is 0 Å². The molecule has 0 radical (unpaired) electrons. The maximum Gasteiger partial charge on any atom is -0.000730 e. The monoisotopic (exact) mass is 248 g/mol. The van der Waals surface area contributed by atoms with Crippen LogP contribution in [0.4, 0.5) is 0 Å². The zero-order valence-electron chi connectivity index (χ0n) is 12.2. The van der Waals surface area contributed by atoms with E-state index < -0.39 is 0 Å². The number of benzene rings is 2. The molecule has 3 rings (SSSR count). The third kappa shape index (κ3) is 1.83. The van der Waals surface area contributed by atoms with Crippen LogP contribution in [0.15, 0.2) is 36.4 Å². The van der Waals surface area contributed by atoms with Gasteiger partial charge >= 0.3 is 0 Å². The Bertz CT molecular complexity index is 768. The first kappa shape index (κ1) is 12.2. The molecule has 0 saturated heterocycles. The molecule has 96 valence electrons. The summed E-state index contributed by atoms with van der Waals surface area (Å²) in [6, 6.07) is 13.4. The minimum absolute atomic E-state index is 1.08. The summed E-state index contributed by atoms with van der Waals surface area (Å²) in [4.78, 5) is 0. The molecule has 0 N–H and O–H groups in total.